The summed E-state index contributed by atoms with van der Waals surface area (Å²) in [7, 11) is 0. The summed E-state index contributed by atoms with van der Waals surface area (Å²) < 4.78 is 10.2. The van der Waals surface area contributed by atoms with Crippen LogP contribution in [-0.2, 0) is 25.7 Å². The smallest absolute Gasteiger partial charge is 0.408 e. The van der Waals surface area contributed by atoms with Crippen molar-refractivity contribution in [1.82, 2.24) is 5.32 Å². The van der Waals surface area contributed by atoms with E-state index < -0.39 is 35.7 Å². The molecular weight excluding hydrogens is 418 g/mol. The highest BCUT2D eigenvalue weighted by atomic mass is 32.1. The number of quaternary nitrogens is 1. The third kappa shape index (κ3) is 6.71. The van der Waals surface area contributed by atoms with E-state index in [0.717, 1.165) is 5.56 Å². The molecule has 1 aliphatic heterocycles. The van der Waals surface area contributed by atoms with E-state index in [1.807, 2.05) is 30.3 Å². The second-order valence-corrected chi connectivity index (χ2v) is 8.93. The predicted molar refractivity (Wildman–Crippen MR) is 117 cm³/mol. The molecule has 1 fully saturated rings. The van der Waals surface area contributed by atoms with Crippen molar-refractivity contribution < 1.29 is 28.3 Å². The number of nitrogens with one attached hydrogen (secondary N) is 1. The second-order valence-electron chi connectivity index (χ2n) is 8.57. The molecule has 1 aromatic carbocycles. The zero-order valence-corrected chi connectivity index (χ0v) is 19.1. The van der Waals surface area contributed by atoms with Crippen LogP contribution < -0.4 is 5.32 Å². The van der Waals surface area contributed by atoms with Crippen LogP contribution in [0.3, 0.4) is 0 Å². The molecule has 0 spiro atoms. The van der Waals surface area contributed by atoms with Crippen LogP contribution in [0.1, 0.15) is 39.2 Å². The number of likely N-dealkylation sites (tertiary alicyclic amines) is 1. The molecule has 0 radical (unpaired) electrons. The lowest BCUT2D eigenvalue weighted by Gasteiger charge is -2.35. The number of nitrogens with zero attached hydrogens (tertiary/aromatic N) is 2. The minimum absolute atomic E-state index is 0.00921. The second kappa shape index (κ2) is 10.6. The number of amides is 2. The molecule has 0 unspecified atom stereocenters. The van der Waals surface area contributed by atoms with Gasteiger partial charge >= 0.3 is 18.0 Å². The maximum Gasteiger partial charge on any atom is 0.408 e. The Morgan fingerprint density at radius 3 is 2.55 bits per heavy atom. The Bertz CT molecular complexity index is 834. The highest BCUT2D eigenvalue weighted by Gasteiger charge is 2.52. The van der Waals surface area contributed by atoms with Gasteiger partial charge in [-0.1, -0.05) is 30.3 Å². The van der Waals surface area contributed by atoms with Crippen LogP contribution in [0.4, 0.5) is 4.79 Å². The molecule has 9 heteroatoms. The summed E-state index contributed by atoms with van der Waals surface area (Å²) in [6.07, 6.45) is 0.346. The molecule has 31 heavy (non-hydrogen) atoms. The maximum atomic E-state index is 13.5. The minimum atomic E-state index is -1.01. The van der Waals surface area contributed by atoms with Crippen LogP contribution in [0.15, 0.2) is 30.3 Å². The number of carbonyl (C=O) groups is 3. The Hall–Kier alpha value is -2.57. The molecule has 1 aliphatic rings. The fraction of sp³-hybridized carbons (Fsp3) is 0.545. The summed E-state index contributed by atoms with van der Waals surface area (Å²) >= 11 is 4.21. The molecule has 8 nitrogen and oxygen atoms in total. The lowest BCUT2D eigenvalue weighted by molar-refractivity contribution is -0.851. The SMILES string of the molecule is CC(C)(C)OC(=O)N[C@@H](CS)C(=O)[N@@+]1(CC(=O)OCc2ccccc2)CCC[C@H]1C#N. The van der Waals surface area contributed by atoms with Crippen LogP contribution in [0.5, 0.6) is 0 Å². The van der Waals surface area contributed by atoms with Crippen LogP contribution in [0.25, 0.3) is 0 Å². The van der Waals surface area contributed by atoms with E-state index in [-0.39, 0.29) is 23.4 Å². The van der Waals surface area contributed by atoms with Crippen molar-refractivity contribution in [2.45, 2.75) is 57.9 Å². The van der Waals surface area contributed by atoms with Crippen molar-refractivity contribution >= 4 is 30.6 Å². The minimum Gasteiger partial charge on any atom is -0.457 e. The van der Waals surface area contributed by atoms with Crippen LogP contribution in [0, 0.1) is 11.3 Å². The number of alkyl carbamates (subject to hydrolysis) is 1. The summed E-state index contributed by atoms with van der Waals surface area (Å²) in [6.45, 7) is 5.27. The summed E-state index contributed by atoms with van der Waals surface area (Å²) in [6, 6.07) is 9.67. The molecule has 0 aromatic heterocycles. The normalized spacial score (nSPS) is 21.6. The Labute approximate surface area is 188 Å². The predicted octanol–water partition coefficient (Wildman–Crippen LogP) is 2.58. The largest absolute Gasteiger partial charge is 0.457 e. The standard InChI is InChI=1S/C22H29N3O5S/c1-22(2,3)30-21(28)24-18(15-31)20(27)25(11-7-10-17(25)12-23)13-19(26)29-14-16-8-5-4-6-9-16/h4-6,8-9,17-18H,7,10-11,13-15H2,1-3H3,(H-,24,28,31)/p+1/t17-,18-,25+/m0/s1. The number of carbonyl (C=O) groups excluding carboxylic acids is 3. The first kappa shape index (κ1) is 24.7. The van der Waals surface area contributed by atoms with Gasteiger partial charge in [-0.25, -0.2) is 18.9 Å². The monoisotopic (exact) mass is 448 g/mol. The average molecular weight is 449 g/mol. The van der Waals surface area contributed by atoms with E-state index in [4.69, 9.17) is 9.47 Å². The molecule has 1 saturated heterocycles. The first-order valence-electron chi connectivity index (χ1n) is 10.2. The van der Waals surface area contributed by atoms with Crippen molar-refractivity contribution in [3.63, 3.8) is 0 Å². The average Bonchev–Trinajstić information content (AvgIpc) is 3.13. The molecule has 2 rings (SSSR count). The molecule has 0 aliphatic carbocycles. The Balaban J connectivity index is 2.15. The lowest BCUT2D eigenvalue weighted by atomic mass is 10.1. The van der Waals surface area contributed by atoms with Gasteiger partial charge in [-0.05, 0) is 26.3 Å². The zero-order chi connectivity index (χ0) is 23.1. The quantitative estimate of drug-likeness (QED) is 0.377. The highest BCUT2D eigenvalue weighted by molar-refractivity contribution is 7.80. The number of benzene rings is 1. The van der Waals surface area contributed by atoms with Gasteiger partial charge in [0.15, 0.2) is 18.6 Å². The van der Waals surface area contributed by atoms with Gasteiger partial charge in [-0.3, -0.25) is 0 Å². The summed E-state index contributed by atoms with van der Waals surface area (Å²) in [5.74, 6) is -1.01. The third-order valence-electron chi connectivity index (χ3n) is 5.04. The molecule has 0 saturated carbocycles. The zero-order valence-electron chi connectivity index (χ0n) is 18.2. The van der Waals surface area contributed by atoms with Gasteiger partial charge in [0.05, 0.1) is 6.54 Å². The fourth-order valence-electron chi connectivity index (χ4n) is 3.64. The van der Waals surface area contributed by atoms with E-state index >= 15 is 0 Å². The van der Waals surface area contributed by atoms with E-state index in [2.05, 4.69) is 24.0 Å². The number of thiol groups is 1. The van der Waals surface area contributed by atoms with Crippen LogP contribution in [0.2, 0.25) is 0 Å². The van der Waals surface area contributed by atoms with Gasteiger partial charge in [0.25, 0.3) is 0 Å². The van der Waals surface area contributed by atoms with Gasteiger partial charge in [-0.15, -0.1) is 0 Å². The van der Waals surface area contributed by atoms with E-state index in [1.54, 1.807) is 20.8 Å². The van der Waals surface area contributed by atoms with E-state index in [0.29, 0.717) is 19.4 Å². The van der Waals surface area contributed by atoms with Crippen molar-refractivity contribution in [3.05, 3.63) is 35.9 Å². The van der Waals surface area contributed by atoms with E-state index in [9.17, 15) is 19.6 Å². The van der Waals surface area contributed by atoms with Crippen LogP contribution >= 0.6 is 12.6 Å². The Morgan fingerprint density at radius 1 is 1.29 bits per heavy atom. The van der Waals surface area contributed by atoms with Crippen molar-refractivity contribution in [2.24, 2.45) is 0 Å². The van der Waals surface area contributed by atoms with Crippen molar-refractivity contribution in [3.8, 4) is 6.07 Å². The molecule has 1 aromatic rings. The van der Waals surface area contributed by atoms with Gasteiger partial charge in [0, 0.05) is 18.6 Å². The molecule has 1 heterocycles. The summed E-state index contributed by atoms with van der Waals surface area (Å²) in [5, 5.41) is 12.2. The number of ether oxygens (including phenoxy) is 2. The Morgan fingerprint density at radius 2 is 1.97 bits per heavy atom. The number of esters is 1. The highest BCUT2D eigenvalue weighted by Crippen LogP contribution is 2.29. The van der Waals surface area contributed by atoms with Gasteiger partial charge < -0.3 is 14.8 Å². The summed E-state index contributed by atoms with van der Waals surface area (Å²) in [4.78, 5) is 38.3. The topological polar surface area (TPSA) is 105 Å². The van der Waals surface area contributed by atoms with Crippen LogP contribution in [-0.4, -0.2) is 59.0 Å². The molecule has 3 atom stereocenters. The third-order valence-corrected chi connectivity index (χ3v) is 5.41. The van der Waals surface area contributed by atoms with Crippen molar-refractivity contribution in [2.75, 3.05) is 18.8 Å². The Kier molecular flexibility index (Phi) is 8.48. The molecular formula is C22H30N3O5S+. The van der Waals surface area contributed by atoms with Crippen molar-refractivity contribution in [1.29, 1.82) is 5.26 Å². The lowest BCUT2D eigenvalue weighted by Crippen LogP contribution is -2.64. The molecule has 2 amide bonds. The van der Waals surface area contributed by atoms with Gasteiger partial charge in [0.2, 0.25) is 0 Å². The number of nitriles is 1. The molecule has 168 valence electrons. The summed E-state index contributed by atoms with van der Waals surface area (Å²) in [5.41, 5.74) is 0.0942. The number of hydrogen-bond acceptors (Lipinski definition) is 7. The first-order valence-corrected chi connectivity index (χ1v) is 10.9. The first-order chi connectivity index (χ1) is 14.6. The van der Waals surface area contributed by atoms with Gasteiger partial charge in [0.1, 0.15) is 18.3 Å². The molecule has 0 bridgehead atoms. The fourth-order valence-corrected chi connectivity index (χ4v) is 3.88. The van der Waals surface area contributed by atoms with Gasteiger partial charge in [-0.2, -0.15) is 17.9 Å². The molecule has 1 N–H and O–H groups in total. The van der Waals surface area contributed by atoms with E-state index in [1.165, 1.54) is 0 Å². The number of hydrogen-bond donors (Lipinski definition) is 2. The number of rotatable bonds is 7. The maximum absolute atomic E-state index is 13.5.